The van der Waals surface area contributed by atoms with Gasteiger partial charge < -0.3 is 5.32 Å². The summed E-state index contributed by atoms with van der Waals surface area (Å²) in [6.45, 7) is -0.0852. The molecule has 2 amide bonds. The van der Waals surface area contributed by atoms with Gasteiger partial charge in [0.2, 0.25) is 10.0 Å². The van der Waals surface area contributed by atoms with Gasteiger partial charge in [0.25, 0.3) is 11.1 Å². The van der Waals surface area contributed by atoms with E-state index >= 15 is 0 Å². The van der Waals surface area contributed by atoms with Gasteiger partial charge >= 0.3 is 0 Å². The minimum atomic E-state index is -3.72. The molecule has 0 atom stereocenters. The summed E-state index contributed by atoms with van der Waals surface area (Å²) < 4.78 is 24.7. The van der Waals surface area contributed by atoms with E-state index in [-0.39, 0.29) is 12.3 Å². The summed E-state index contributed by atoms with van der Waals surface area (Å²) in [5.41, 5.74) is 0.389. The fourth-order valence-electron chi connectivity index (χ4n) is 1.12. The van der Waals surface area contributed by atoms with Crippen molar-refractivity contribution in [1.29, 1.82) is 0 Å². The van der Waals surface area contributed by atoms with Crippen molar-refractivity contribution in [2.24, 2.45) is 0 Å². The van der Waals surface area contributed by atoms with Crippen molar-refractivity contribution >= 4 is 32.9 Å². The first-order chi connectivity index (χ1) is 8.94. The Kier molecular flexibility index (Phi) is 5.77. The third kappa shape index (κ3) is 5.71. The summed E-state index contributed by atoms with van der Waals surface area (Å²) in [7, 11) is -3.72. The second-order valence-corrected chi connectivity index (χ2v) is 6.03. The maximum absolute atomic E-state index is 11.6. The van der Waals surface area contributed by atoms with Gasteiger partial charge in [0.05, 0.1) is 5.75 Å². The molecule has 7 nitrogen and oxygen atoms in total. The number of nitrogens with zero attached hydrogens (tertiary/aromatic N) is 1. The Hall–Kier alpha value is -1.61. The number of nitrogens with one attached hydrogen (secondary N) is 2. The minimum Gasteiger partial charge on any atom is -0.351 e. The van der Waals surface area contributed by atoms with Gasteiger partial charge in [-0.25, -0.2) is 13.1 Å². The van der Waals surface area contributed by atoms with E-state index in [0.717, 1.165) is 11.8 Å². The van der Waals surface area contributed by atoms with Crippen LogP contribution < -0.4 is 10.0 Å². The number of aromatic nitrogens is 1. The highest BCUT2D eigenvalue weighted by atomic mass is 32.2. The second kappa shape index (κ2) is 7.10. The molecule has 19 heavy (non-hydrogen) atoms. The molecule has 1 aromatic rings. The summed E-state index contributed by atoms with van der Waals surface area (Å²) in [6.07, 6.45) is 4.39. The van der Waals surface area contributed by atoms with Crippen molar-refractivity contribution in [3.8, 4) is 0 Å². The van der Waals surface area contributed by atoms with E-state index in [1.54, 1.807) is 0 Å². The van der Waals surface area contributed by atoms with Gasteiger partial charge in [-0.1, -0.05) is 11.8 Å². The first-order valence-electron chi connectivity index (χ1n) is 5.21. The lowest BCUT2D eigenvalue weighted by molar-refractivity contribution is 0.0956. The molecule has 0 unspecified atom stereocenters. The van der Waals surface area contributed by atoms with Gasteiger partial charge in [0.1, 0.15) is 0 Å². The van der Waals surface area contributed by atoms with Gasteiger partial charge in [-0.15, -0.1) is 0 Å². The fraction of sp³-hybridized carbons (Fsp3) is 0.300. The summed E-state index contributed by atoms with van der Waals surface area (Å²) in [6, 6.07) is 3.03. The summed E-state index contributed by atoms with van der Waals surface area (Å²) in [5.74, 6) is -0.760. The van der Waals surface area contributed by atoms with Gasteiger partial charge in [-0.3, -0.25) is 14.6 Å². The summed E-state index contributed by atoms with van der Waals surface area (Å²) >= 11 is 0.765. The number of sulfonamides is 1. The predicted octanol–water partition coefficient (Wildman–Crippen LogP) is 0.214. The molecule has 1 heterocycles. The lowest BCUT2D eigenvalue weighted by Crippen LogP contribution is -2.35. The van der Waals surface area contributed by atoms with Crippen LogP contribution in [0.25, 0.3) is 0 Å². The Morgan fingerprint density at radius 2 is 1.95 bits per heavy atom. The van der Waals surface area contributed by atoms with E-state index in [9.17, 15) is 18.0 Å². The molecule has 0 saturated carbocycles. The highest BCUT2D eigenvalue weighted by Crippen LogP contribution is 1.97. The van der Waals surface area contributed by atoms with E-state index in [1.807, 2.05) is 4.72 Å². The van der Waals surface area contributed by atoms with Crippen molar-refractivity contribution < 1.29 is 18.0 Å². The maximum Gasteiger partial charge on any atom is 0.292 e. The Bertz CT molecular complexity index is 545. The summed E-state index contributed by atoms with van der Waals surface area (Å²) in [4.78, 5) is 26.3. The standard InChI is InChI=1S/C10H13N3O4S2/c1-18-10(15)13-19(16,17)7-6-12-9(14)8-2-4-11-5-3-8/h2-5H,6-7H2,1H3,(H,12,14)(H,13,15). The first-order valence-corrected chi connectivity index (χ1v) is 8.09. The van der Waals surface area contributed by atoms with Crippen LogP contribution in [0.5, 0.6) is 0 Å². The van der Waals surface area contributed by atoms with Crippen LogP contribution in [0.2, 0.25) is 0 Å². The number of thioether (sulfide) groups is 1. The lowest BCUT2D eigenvalue weighted by atomic mass is 10.2. The van der Waals surface area contributed by atoms with Crippen molar-refractivity contribution in [3.63, 3.8) is 0 Å². The van der Waals surface area contributed by atoms with Crippen LogP contribution in [-0.2, 0) is 10.0 Å². The average molecular weight is 303 g/mol. The van der Waals surface area contributed by atoms with Crippen LogP contribution in [0.4, 0.5) is 4.79 Å². The molecular formula is C10H13N3O4S2. The molecule has 9 heteroatoms. The molecule has 0 aliphatic carbocycles. The number of hydrogen-bond acceptors (Lipinski definition) is 6. The number of pyridine rings is 1. The smallest absolute Gasteiger partial charge is 0.292 e. The molecule has 104 valence electrons. The molecule has 1 rings (SSSR count). The van der Waals surface area contributed by atoms with Crippen molar-refractivity contribution in [1.82, 2.24) is 15.0 Å². The van der Waals surface area contributed by atoms with Crippen LogP contribution in [0.3, 0.4) is 0 Å². The van der Waals surface area contributed by atoms with Gasteiger partial charge in [0, 0.05) is 24.5 Å². The molecule has 0 fully saturated rings. The first kappa shape index (κ1) is 15.4. The van der Waals surface area contributed by atoms with E-state index in [2.05, 4.69) is 10.3 Å². The second-order valence-electron chi connectivity index (χ2n) is 3.40. The van der Waals surface area contributed by atoms with Crippen LogP contribution in [0, 0.1) is 0 Å². The van der Waals surface area contributed by atoms with Crippen LogP contribution in [0.1, 0.15) is 10.4 Å². The zero-order valence-corrected chi connectivity index (χ0v) is 11.8. The predicted molar refractivity (Wildman–Crippen MR) is 72.4 cm³/mol. The minimum absolute atomic E-state index is 0.0852. The molecule has 0 aromatic carbocycles. The Labute approximate surface area is 115 Å². The highest BCUT2D eigenvalue weighted by Gasteiger charge is 2.14. The Morgan fingerprint density at radius 1 is 1.32 bits per heavy atom. The van der Waals surface area contributed by atoms with Crippen LogP contribution in [-0.4, -0.2) is 43.1 Å². The molecule has 1 aromatic heterocycles. The van der Waals surface area contributed by atoms with E-state index in [4.69, 9.17) is 0 Å². The molecule has 2 N–H and O–H groups in total. The van der Waals surface area contributed by atoms with Gasteiger partial charge in [-0.2, -0.15) is 0 Å². The Balaban J connectivity index is 2.42. The van der Waals surface area contributed by atoms with Crippen molar-refractivity contribution in [3.05, 3.63) is 30.1 Å². The normalized spacial score (nSPS) is 10.8. The molecule has 0 aliphatic rings. The van der Waals surface area contributed by atoms with Gasteiger partial charge in [-0.05, 0) is 18.4 Å². The van der Waals surface area contributed by atoms with E-state index < -0.39 is 21.2 Å². The highest BCUT2D eigenvalue weighted by molar-refractivity contribution is 8.14. The van der Waals surface area contributed by atoms with E-state index in [0.29, 0.717) is 5.56 Å². The molecule has 0 radical (unpaired) electrons. The topological polar surface area (TPSA) is 105 Å². The maximum atomic E-state index is 11.6. The summed E-state index contributed by atoms with van der Waals surface area (Å²) in [5, 5.41) is 1.79. The average Bonchev–Trinajstić information content (AvgIpc) is 2.38. The van der Waals surface area contributed by atoms with Crippen LogP contribution in [0.15, 0.2) is 24.5 Å². The zero-order valence-electron chi connectivity index (χ0n) is 10.1. The SMILES string of the molecule is CSC(=O)NS(=O)(=O)CCNC(=O)c1ccncc1. The van der Waals surface area contributed by atoms with E-state index in [1.165, 1.54) is 30.8 Å². The number of carbonyl (C=O) groups excluding carboxylic acids is 2. The number of rotatable bonds is 5. The third-order valence-corrected chi connectivity index (χ3v) is 3.86. The quantitative estimate of drug-likeness (QED) is 0.806. The number of amides is 2. The zero-order chi connectivity index (χ0) is 14.3. The lowest BCUT2D eigenvalue weighted by Gasteiger charge is -2.06. The van der Waals surface area contributed by atoms with Crippen molar-refractivity contribution in [2.45, 2.75) is 0 Å². The fourth-order valence-corrected chi connectivity index (χ4v) is 2.56. The number of hydrogen-bond donors (Lipinski definition) is 2. The molecule has 0 aliphatic heterocycles. The molecule has 0 saturated heterocycles. The van der Waals surface area contributed by atoms with Crippen LogP contribution >= 0.6 is 11.8 Å². The monoisotopic (exact) mass is 303 g/mol. The Morgan fingerprint density at radius 3 is 2.53 bits per heavy atom. The molecule has 0 spiro atoms. The third-order valence-electron chi connectivity index (χ3n) is 2.02. The number of carbonyl (C=O) groups is 2. The largest absolute Gasteiger partial charge is 0.351 e. The van der Waals surface area contributed by atoms with Gasteiger partial charge in [0.15, 0.2) is 0 Å². The molecular weight excluding hydrogens is 290 g/mol. The van der Waals surface area contributed by atoms with Crippen molar-refractivity contribution in [2.75, 3.05) is 18.6 Å². The molecule has 0 bridgehead atoms.